The van der Waals surface area contributed by atoms with E-state index in [0.717, 1.165) is 106 Å². The molecule has 0 aliphatic rings. The van der Waals surface area contributed by atoms with Gasteiger partial charge in [0.15, 0.2) is 5.58 Å². The molecule has 0 amide bonds. The highest BCUT2D eigenvalue weighted by Crippen LogP contribution is 2.49. The van der Waals surface area contributed by atoms with Gasteiger partial charge in [0.25, 0.3) is 0 Å². The summed E-state index contributed by atoms with van der Waals surface area (Å²) in [5.41, 5.74) is 28.6. The summed E-state index contributed by atoms with van der Waals surface area (Å²) in [6.45, 7) is 0. The maximum Gasteiger partial charge on any atom is 0.159 e. The van der Waals surface area contributed by atoms with Crippen molar-refractivity contribution in [2.75, 3.05) is 9.80 Å². The van der Waals surface area contributed by atoms with Crippen molar-refractivity contribution in [3.05, 3.63) is 485 Å². The standard InChI is InChI=1S/C66H42N2O.C60H38N2O/c1-2-13-48(14-3-1)68-63-23-10-8-19-58(63)62-42-47(32-40-64(62)68)44-27-35-50(36-28-44)67(51-37-29-45(30-38-51)52-21-12-22-60-59-20-9-11-24-65(59)69-66(52)60)49-33-25-43(26-34-49)46-31-39-57-55-17-5-4-15-53(55)54-16-6-7-18-56(54)61(57)41-46;1-2-13-39(14-3-1)40-25-32-44(33-26-40)62-56-22-10-8-19-51(56)55-37-42(29-36-57(55)62)41-27-30-43(31-28-41)61(58-23-12-21-53-52-20-9-11-24-59(52)63-60(53)58)45-34-35-50-48-17-5-4-15-46(48)47-16-6-7-18-49(47)54(50)38-45/h1-42H;1-38H. The van der Waals surface area contributed by atoms with Gasteiger partial charge < -0.3 is 27.8 Å². The van der Waals surface area contributed by atoms with E-state index in [-0.39, 0.29) is 0 Å². The Balaban J connectivity index is 0.000000139. The summed E-state index contributed by atoms with van der Waals surface area (Å²) >= 11 is 0. The van der Waals surface area contributed by atoms with Crippen LogP contribution >= 0.6 is 0 Å². The van der Waals surface area contributed by atoms with Crippen molar-refractivity contribution in [3.8, 4) is 67.0 Å². The van der Waals surface area contributed by atoms with E-state index in [1.807, 2.05) is 18.2 Å². The fourth-order valence-corrected chi connectivity index (χ4v) is 21.0. The van der Waals surface area contributed by atoms with Gasteiger partial charge in [0.05, 0.1) is 27.8 Å². The highest BCUT2D eigenvalue weighted by Gasteiger charge is 2.25. The summed E-state index contributed by atoms with van der Waals surface area (Å²) in [6.07, 6.45) is 0. The Kier molecular flexibility index (Phi) is 17.9. The van der Waals surface area contributed by atoms with Gasteiger partial charge in [0.1, 0.15) is 16.7 Å². The topological polar surface area (TPSA) is 42.6 Å². The molecule has 6 heteroatoms. The summed E-state index contributed by atoms with van der Waals surface area (Å²) in [5.74, 6) is 0. The molecule has 23 aromatic carbocycles. The predicted octanol–water partition coefficient (Wildman–Crippen LogP) is 35.6. The molecule has 0 aliphatic carbocycles. The normalized spacial score (nSPS) is 11.8. The summed E-state index contributed by atoms with van der Waals surface area (Å²) in [5, 5.41) is 24.6. The summed E-state index contributed by atoms with van der Waals surface area (Å²) < 4.78 is 17.9. The number of para-hydroxylation sites is 7. The number of nitrogens with zero attached hydrogens (tertiary/aromatic N) is 4. The van der Waals surface area contributed by atoms with Gasteiger partial charge in [-0.1, -0.05) is 340 Å². The molecule has 0 fully saturated rings. The fraction of sp³-hybridized carbons (Fsp3) is 0. The van der Waals surface area contributed by atoms with Gasteiger partial charge in [-0.25, -0.2) is 0 Å². The number of hydrogen-bond donors (Lipinski definition) is 0. The molecule has 4 heterocycles. The van der Waals surface area contributed by atoms with Gasteiger partial charge in [-0.15, -0.1) is 0 Å². The molecule has 0 aliphatic heterocycles. The number of aromatic nitrogens is 2. The average molecular weight is 1680 g/mol. The van der Waals surface area contributed by atoms with Gasteiger partial charge in [0, 0.05) is 88.5 Å². The van der Waals surface area contributed by atoms with Crippen molar-refractivity contribution in [1.29, 1.82) is 0 Å². The van der Waals surface area contributed by atoms with Crippen LogP contribution in [0.15, 0.2) is 494 Å². The van der Waals surface area contributed by atoms with E-state index in [4.69, 9.17) is 8.83 Å². The number of fused-ring (bicyclic) bond motifs is 24. The van der Waals surface area contributed by atoms with E-state index < -0.39 is 0 Å². The van der Waals surface area contributed by atoms with Crippen LogP contribution in [0.25, 0.3) is 219 Å². The molecule has 616 valence electrons. The lowest BCUT2D eigenvalue weighted by Crippen LogP contribution is -2.10. The van der Waals surface area contributed by atoms with Crippen molar-refractivity contribution >= 4 is 186 Å². The van der Waals surface area contributed by atoms with E-state index >= 15 is 0 Å². The van der Waals surface area contributed by atoms with E-state index in [1.54, 1.807) is 0 Å². The van der Waals surface area contributed by atoms with Crippen LogP contribution in [0.2, 0.25) is 0 Å². The van der Waals surface area contributed by atoms with Crippen molar-refractivity contribution in [2.24, 2.45) is 0 Å². The fourth-order valence-electron chi connectivity index (χ4n) is 21.0. The number of anilines is 6. The minimum Gasteiger partial charge on any atom is -0.455 e. The van der Waals surface area contributed by atoms with Crippen LogP contribution < -0.4 is 9.80 Å². The first kappa shape index (κ1) is 75.7. The molecule has 0 unspecified atom stereocenters. The SMILES string of the molecule is c1ccc(-c2ccc(-n3c4ccccc4c4cc(-c5ccc(N(c6ccc7c8ccccc8c8ccccc8c7c6)c6cccc7c6oc6ccccc67)cc5)ccc43)cc2)cc1.c1ccc(-n2c3ccccc3c3cc(-c4ccc(N(c5ccc(-c6ccc7c8ccccc8c8ccccc8c7c6)cc5)c5ccc(-c6cccc7c6oc6ccccc67)cc5)cc4)ccc32)cc1. The second-order valence-electron chi connectivity index (χ2n) is 34.5. The lowest BCUT2D eigenvalue weighted by molar-refractivity contribution is 0.669. The van der Waals surface area contributed by atoms with E-state index in [1.165, 1.54) is 147 Å². The van der Waals surface area contributed by atoms with Crippen LogP contribution in [0, 0.1) is 0 Å². The number of furan rings is 2. The molecule has 27 aromatic rings. The zero-order chi connectivity index (χ0) is 86.9. The van der Waals surface area contributed by atoms with Crippen molar-refractivity contribution in [2.45, 2.75) is 0 Å². The first-order valence-electron chi connectivity index (χ1n) is 45.2. The molecular weight excluding hydrogens is 1600 g/mol. The lowest BCUT2D eigenvalue weighted by Gasteiger charge is -2.26. The molecule has 0 N–H and O–H groups in total. The molecule has 0 bridgehead atoms. The second kappa shape index (κ2) is 31.2. The monoisotopic (exact) mass is 1680 g/mol. The van der Waals surface area contributed by atoms with Gasteiger partial charge in [-0.2, -0.15) is 0 Å². The highest BCUT2D eigenvalue weighted by atomic mass is 16.3. The van der Waals surface area contributed by atoms with E-state index in [2.05, 4.69) is 486 Å². The molecule has 0 saturated carbocycles. The first-order chi connectivity index (χ1) is 65.5. The number of hydrogen-bond acceptors (Lipinski definition) is 4. The quantitative estimate of drug-likeness (QED) is 0.108. The Morgan fingerprint density at radius 2 is 0.447 bits per heavy atom. The van der Waals surface area contributed by atoms with Gasteiger partial charge >= 0.3 is 0 Å². The molecular formula is C126H80N4O2. The Hall–Kier alpha value is -17.6. The van der Waals surface area contributed by atoms with Crippen LogP contribution in [0.4, 0.5) is 34.1 Å². The number of rotatable bonds is 13. The largest absolute Gasteiger partial charge is 0.455 e. The van der Waals surface area contributed by atoms with Crippen LogP contribution in [0.1, 0.15) is 0 Å². The van der Waals surface area contributed by atoms with E-state index in [9.17, 15) is 0 Å². The molecule has 0 atom stereocenters. The van der Waals surface area contributed by atoms with Crippen molar-refractivity contribution < 1.29 is 8.83 Å². The maximum absolute atomic E-state index is 6.71. The zero-order valence-corrected chi connectivity index (χ0v) is 71.8. The van der Waals surface area contributed by atoms with Crippen molar-refractivity contribution in [3.63, 3.8) is 0 Å². The summed E-state index contributed by atoms with van der Waals surface area (Å²) in [4.78, 5) is 4.72. The Morgan fingerprint density at radius 1 is 0.152 bits per heavy atom. The first-order valence-corrected chi connectivity index (χ1v) is 45.2. The van der Waals surface area contributed by atoms with Gasteiger partial charge in [-0.3, -0.25) is 0 Å². The van der Waals surface area contributed by atoms with Crippen molar-refractivity contribution in [1.82, 2.24) is 9.13 Å². The van der Waals surface area contributed by atoms with Crippen LogP contribution in [0.5, 0.6) is 0 Å². The molecule has 0 spiro atoms. The number of benzene rings is 23. The van der Waals surface area contributed by atoms with E-state index in [0.29, 0.717) is 0 Å². The highest BCUT2D eigenvalue weighted by molar-refractivity contribution is 6.28. The third kappa shape index (κ3) is 12.6. The van der Waals surface area contributed by atoms with Gasteiger partial charge in [0.2, 0.25) is 0 Å². The second-order valence-corrected chi connectivity index (χ2v) is 34.5. The average Bonchev–Trinajstić information content (AvgIpc) is 1.34. The summed E-state index contributed by atoms with van der Waals surface area (Å²) in [6, 6.07) is 176. The molecule has 0 saturated heterocycles. The minimum absolute atomic E-state index is 0.864. The predicted molar refractivity (Wildman–Crippen MR) is 558 cm³/mol. The third-order valence-electron chi connectivity index (χ3n) is 27.2. The van der Waals surface area contributed by atoms with Crippen LogP contribution in [-0.4, -0.2) is 9.13 Å². The minimum atomic E-state index is 0.864. The Labute approximate surface area is 761 Å². The van der Waals surface area contributed by atoms with Gasteiger partial charge in [-0.05, 0) is 260 Å². The van der Waals surface area contributed by atoms with Crippen LogP contribution in [-0.2, 0) is 0 Å². The summed E-state index contributed by atoms with van der Waals surface area (Å²) in [7, 11) is 0. The Morgan fingerprint density at radius 3 is 0.932 bits per heavy atom. The Bertz CT molecular complexity index is 9180. The zero-order valence-electron chi connectivity index (χ0n) is 71.8. The molecule has 132 heavy (non-hydrogen) atoms. The molecule has 4 aromatic heterocycles. The third-order valence-corrected chi connectivity index (χ3v) is 27.2. The lowest BCUT2D eigenvalue weighted by atomic mass is 9.92. The molecule has 0 radical (unpaired) electrons. The molecule has 27 rings (SSSR count). The molecule has 6 nitrogen and oxygen atoms in total. The smallest absolute Gasteiger partial charge is 0.159 e. The van der Waals surface area contributed by atoms with Crippen LogP contribution in [0.3, 0.4) is 0 Å². The maximum atomic E-state index is 6.71.